The van der Waals surface area contributed by atoms with Crippen molar-refractivity contribution >= 4 is 5.82 Å². The molecule has 76 valence electrons. The number of aromatic nitrogens is 2. The fraction of sp³-hybridized carbons (Fsp3) is 0.167. The molecular formula is C12H13N3. The Labute approximate surface area is 89.0 Å². The molecule has 0 aliphatic heterocycles. The van der Waals surface area contributed by atoms with Gasteiger partial charge in [0.2, 0.25) is 0 Å². The summed E-state index contributed by atoms with van der Waals surface area (Å²) in [5.74, 6) is 0.534. The van der Waals surface area contributed by atoms with Crippen LogP contribution < -0.4 is 5.73 Å². The summed E-state index contributed by atoms with van der Waals surface area (Å²) in [6.07, 6.45) is 2.78. The number of hydrogen-bond donors (Lipinski definition) is 1. The van der Waals surface area contributed by atoms with Gasteiger partial charge in [-0.1, -0.05) is 13.0 Å². The number of anilines is 1. The van der Waals surface area contributed by atoms with E-state index in [9.17, 15) is 0 Å². The molecule has 0 aromatic carbocycles. The summed E-state index contributed by atoms with van der Waals surface area (Å²) in [7, 11) is 0. The predicted octanol–water partition coefficient (Wildman–Crippen LogP) is 2.29. The second-order valence-electron chi connectivity index (χ2n) is 3.34. The molecule has 2 N–H and O–H groups in total. The molecule has 0 radical (unpaired) electrons. The highest BCUT2D eigenvalue weighted by Crippen LogP contribution is 2.16. The first-order chi connectivity index (χ1) is 7.29. The van der Waals surface area contributed by atoms with Crippen LogP contribution in [0.2, 0.25) is 0 Å². The number of nitrogens with zero attached hydrogens (tertiary/aromatic N) is 2. The van der Waals surface area contributed by atoms with E-state index in [1.807, 2.05) is 30.5 Å². The van der Waals surface area contributed by atoms with Crippen molar-refractivity contribution in [2.45, 2.75) is 13.3 Å². The van der Waals surface area contributed by atoms with E-state index >= 15 is 0 Å². The van der Waals surface area contributed by atoms with Gasteiger partial charge in [0.05, 0.1) is 5.69 Å². The molecule has 2 heterocycles. The van der Waals surface area contributed by atoms with Gasteiger partial charge in [-0.2, -0.15) is 0 Å². The average molecular weight is 199 g/mol. The topological polar surface area (TPSA) is 51.8 Å². The van der Waals surface area contributed by atoms with E-state index < -0.39 is 0 Å². The number of rotatable bonds is 2. The van der Waals surface area contributed by atoms with Crippen molar-refractivity contribution in [3.8, 4) is 11.3 Å². The summed E-state index contributed by atoms with van der Waals surface area (Å²) < 4.78 is 0. The quantitative estimate of drug-likeness (QED) is 0.807. The zero-order valence-electron chi connectivity index (χ0n) is 8.64. The van der Waals surface area contributed by atoms with Gasteiger partial charge < -0.3 is 5.73 Å². The van der Waals surface area contributed by atoms with Crippen molar-refractivity contribution < 1.29 is 0 Å². The summed E-state index contributed by atoms with van der Waals surface area (Å²) in [6, 6.07) is 9.63. The maximum absolute atomic E-state index is 5.62. The highest BCUT2D eigenvalue weighted by atomic mass is 14.8. The Hall–Kier alpha value is -1.90. The first-order valence-electron chi connectivity index (χ1n) is 4.97. The van der Waals surface area contributed by atoms with Crippen LogP contribution in [0.5, 0.6) is 0 Å². The van der Waals surface area contributed by atoms with Crippen LogP contribution in [-0.2, 0) is 6.42 Å². The summed E-state index contributed by atoms with van der Waals surface area (Å²) >= 11 is 0. The van der Waals surface area contributed by atoms with Gasteiger partial charge in [-0.25, -0.2) is 4.98 Å². The third-order valence-electron chi connectivity index (χ3n) is 2.25. The van der Waals surface area contributed by atoms with Gasteiger partial charge in [0.25, 0.3) is 0 Å². The molecule has 0 unspecified atom stereocenters. The molecule has 2 rings (SSSR count). The third-order valence-corrected chi connectivity index (χ3v) is 2.25. The molecule has 0 aliphatic rings. The van der Waals surface area contributed by atoms with Crippen molar-refractivity contribution in [1.29, 1.82) is 0 Å². The second kappa shape index (κ2) is 4.09. The lowest BCUT2D eigenvalue weighted by Crippen LogP contribution is -1.92. The van der Waals surface area contributed by atoms with E-state index in [1.165, 1.54) is 0 Å². The number of hydrogen-bond acceptors (Lipinski definition) is 3. The Morgan fingerprint density at radius 2 is 2.07 bits per heavy atom. The normalized spacial score (nSPS) is 10.2. The van der Waals surface area contributed by atoms with Crippen LogP contribution in [0, 0.1) is 0 Å². The maximum atomic E-state index is 5.62. The predicted molar refractivity (Wildman–Crippen MR) is 61.3 cm³/mol. The fourth-order valence-corrected chi connectivity index (χ4v) is 1.40. The molecule has 0 bridgehead atoms. The lowest BCUT2D eigenvalue weighted by atomic mass is 10.1. The van der Waals surface area contributed by atoms with E-state index in [1.54, 1.807) is 6.07 Å². The van der Waals surface area contributed by atoms with Crippen molar-refractivity contribution in [2.75, 3.05) is 5.73 Å². The molecule has 3 nitrogen and oxygen atoms in total. The molecule has 2 aromatic heterocycles. The monoisotopic (exact) mass is 199 g/mol. The summed E-state index contributed by atoms with van der Waals surface area (Å²) in [6.45, 7) is 2.08. The van der Waals surface area contributed by atoms with E-state index in [2.05, 4.69) is 16.9 Å². The Bertz CT molecular complexity index is 449. The van der Waals surface area contributed by atoms with E-state index in [0.717, 1.165) is 23.4 Å². The number of nitrogens with two attached hydrogens (primary N) is 1. The first-order valence-corrected chi connectivity index (χ1v) is 4.97. The van der Waals surface area contributed by atoms with Gasteiger partial charge in [-0.05, 0) is 30.7 Å². The van der Waals surface area contributed by atoms with Crippen LogP contribution in [-0.4, -0.2) is 9.97 Å². The van der Waals surface area contributed by atoms with E-state index in [0.29, 0.717) is 5.82 Å². The summed E-state index contributed by atoms with van der Waals surface area (Å²) in [4.78, 5) is 8.56. The largest absolute Gasteiger partial charge is 0.384 e. The Balaban J connectivity index is 2.37. The molecule has 3 heteroatoms. The highest BCUT2D eigenvalue weighted by Gasteiger charge is 1.99. The number of pyridine rings is 2. The lowest BCUT2D eigenvalue weighted by Gasteiger charge is -2.02. The van der Waals surface area contributed by atoms with Crippen molar-refractivity contribution in [2.24, 2.45) is 0 Å². The minimum absolute atomic E-state index is 0.534. The van der Waals surface area contributed by atoms with Crippen molar-refractivity contribution in [3.05, 3.63) is 42.2 Å². The fourth-order valence-electron chi connectivity index (χ4n) is 1.40. The van der Waals surface area contributed by atoms with Gasteiger partial charge in [0, 0.05) is 17.5 Å². The van der Waals surface area contributed by atoms with Crippen LogP contribution in [0.15, 0.2) is 36.5 Å². The minimum Gasteiger partial charge on any atom is -0.384 e. The zero-order valence-corrected chi connectivity index (χ0v) is 8.64. The van der Waals surface area contributed by atoms with Gasteiger partial charge in [0.15, 0.2) is 0 Å². The van der Waals surface area contributed by atoms with E-state index in [4.69, 9.17) is 5.73 Å². The maximum Gasteiger partial charge on any atom is 0.124 e. The molecule has 0 fully saturated rings. The van der Waals surface area contributed by atoms with Gasteiger partial charge >= 0.3 is 0 Å². The summed E-state index contributed by atoms with van der Waals surface area (Å²) in [5, 5.41) is 0. The molecule has 0 aliphatic carbocycles. The van der Waals surface area contributed by atoms with Crippen LogP contribution in [0.4, 0.5) is 5.82 Å². The summed E-state index contributed by atoms with van der Waals surface area (Å²) in [5.41, 5.74) is 8.57. The number of aryl methyl sites for hydroxylation is 1. The van der Waals surface area contributed by atoms with Crippen LogP contribution in [0.25, 0.3) is 11.3 Å². The van der Waals surface area contributed by atoms with E-state index in [-0.39, 0.29) is 0 Å². The molecule has 15 heavy (non-hydrogen) atoms. The Kier molecular flexibility index (Phi) is 2.63. The second-order valence-corrected chi connectivity index (χ2v) is 3.34. The van der Waals surface area contributed by atoms with Crippen molar-refractivity contribution in [1.82, 2.24) is 9.97 Å². The highest BCUT2D eigenvalue weighted by molar-refractivity contribution is 5.59. The number of nitrogen functional groups attached to an aromatic ring is 1. The Morgan fingerprint density at radius 3 is 2.67 bits per heavy atom. The lowest BCUT2D eigenvalue weighted by molar-refractivity contribution is 1.04. The third kappa shape index (κ3) is 2.13. The minimum atomic E-state index is 0.534. The molecule has 0 amide bonds. The SMILES string of the molecule is CCc1ccc(-c2cccc(N)n2)cn1. The van der Waals surface area contributed by atoms with Crippen molar-refractivity contribution in [3.63, 3.8) is 0 Å². The molecule has 0 spiro atoms. The van der Waals surface area contributed by atoms with Crippen LogP contribution >= 0.6 is 0 Å². The molecule has 0 atom stereocenters. The van der Waals surface area contributed by atoms with Crippen LogP contribution in [0.1, 0.15) is 12.6 Å². The molecule has 2 aromatic rings. The smallest absolute Gasteiger partial charge is 0.124 e. The first kappa shape index (κ1) is 9.65. The molecular weight excluding hydrogens is 186 g/mol. The van der Waals surface area contributed by atoms with Gasteiger partial charge in [-0.15, -0.1) is 0 Å². The van der Waals surface area contributed by atoms with Gasteiger partial charge in [-0.3, -0.25) is 4.98 Å². The Morgan fingerprint density at radius 1 is 1.20 bits per heavy atom. The zero-order chi connectivity index (χ0) is 10.7. The van der Waals surface area contributed by atoms with Gasteiger partial charge in [0.1, 0.15) is 5.82 Å². The molecule has 0 saturated heterocycles. The standard InChI is InChI=1S/C12H13N3/c1-2-10-7-6-9(8-14-10)11-4-3-5-12(13)15-11/h3-8H,2H2,1H3,(H2,13,15). The molecule has 0 saturated carbocycles. The van der Waals surface area contributed by atoms with Crippen LogP contribution in [0.3, 0.4) is 0 Å². The average Bonchev–Trinajstić information content (AvgIpc) is 2.29.